The molecular formula is C14H11N3O. The Morgan fingerprint density at radius 2 is 1.94 bits per heavy atom. The quantitative estimate of drug-likeness (QED) is 0.643. The number of benzene rings is 1. The van der Waals surface area contributed by atoms with Crippen LogP contribution in [0.15, 0.2) is 42.6 Å². The van der Waals surface area contributed by atoms with Gasteiger partial charge >= 0.3 is 0 Å². The van der Waals surface area contributed by atoms with Crippen molar-refractivity contribution in [2.24, 2.45) is 0 Å². The van der Waals surface area contributed by atoms with Gasteiger partial charge in [0.2, 0.25) is 0 Å². The molecule has 3 aromatic rings. The summed E-state index contributed by atoms with van der Waals surface area (Å²) in [6, 6.07) is 11.5. The highest BCUT2D eigenvalue weighted by atomic mass is 16.1. The lowest BCUT2D eigenvalue weighted by atomic mass is 10.1. The fourth-order valence-electron chi connectivity index (χ4n) is 2.04. The Kier molecular flexibility index (Phi) is 2.41. The van der Waals surface area contributed by atoms with Crippen LogP contribution in [0.5, 0.6) is 0 Å². The van der Waals surface area contributed by atoms with Gasteiger partial charge in [0, 0.05) is 11.8 Å². The van der Waals surface area contributed by atoms with Crippen molar-refractivity contribution < 1.29 is 4.79 Å². The van der Waals surface area contributed by atoms with Crippen molar-refractivity contribution in [3.63, 3.8) is 0 Å². The summed E-state index contributed by atoms with van der Waals surface area (Å²) in [5, 5.41) is 8.28. The lowest BCUT2D eigenvalue weighted by molar-refractivity contribution is 0.112. The Hall–Kier alpha value is -2.49. The van der Waals surface area contributed by atoms with E-state index in [1.807, 2.05) is 47.9 Å². The van der Waals surface area contributed by atoms with Gasteiger partial charge in [-0.15, -0.1) is 10.2 Å². The molecule has 0 aliphatic heterocycles. The smallest absolute Gasteiger partial charge is 0.171 e. The second kappa shape index (κ2) is 4.07. The van der Waals surface area contributed by atoms with Gasteiger partial charge in [-0.05, 0) is 24.6 Å². The van der Waals surface area contributed by atoms with E-state index >= 15 is 0 Å². The molecule has 2 aromatic heterocycles. The van der Waals surface area contributed by atoms with E-state index in [2.05, 4.69) is 10.2 Å². The van der Waals surface area contributed by atoms with Gasteiger partial charge < -0.3 is 0 Å². The van der Waals surface area contributed by atoms with Crippen molar-refractivity contribution in [2.45, 2.75) is 6.92 Å². The minimum absolute atomic E-state index is 0.546. The third kappa shape index (κ3) is 1.50. The number of aryl methyl sites for hydroxylation is 1. The second-order valence-electron chi connectivity index (χ2n) is 4.11. The number of aldehydes is 1. The summed E-state index contributed by atoms with van der Waals surface area (Å²) >= 11 is 0. The number of rotatable bonds is 2. The van der Waals surface area contributed by atoms with Crippen molar-refractivity contribution in [3.05, 3.63) is 53.7 Å². The van der Waals surface area contributed by atoms with Gasteiger partial charge in [0.15, 0.2) is 17.8 Å². The van der Waals surface area contributed by atoms with Crippen molar-refractivity contribution >= 4 is 11.9 Å². The van der Waals surface area contributed by atoms with Crippen molar-refractivity contribution in [3.8, 4) is 11.4 Å². The summed E-state index contributed by atoms with van der Waals surface area (Å²) in [6.45, 7) is 2.03. The van der Waals surface area contributed by atoms with Crippen LogP contribution in [0, 0.1) is 6.92 Å². The normalized spacial score (nSPS) is 10.7. The van der Waals surface area contributed by atoms with Gasteiger partial charge in [-0.3, -0.25) is 9.20 Å². The Morgan fingerprint density at radius 3 is 2.72 bits per heavy atom. The largest absolute Gasteiger partial charge is 0.298 e. The molecule has 1 aromatic carbocycles. The maximum absolute atomic E-state index is 11.0. The minimum atomic E-state index is 0.546. The van der Waals surface area contributed by atoms with E-state index in [1.54, 1.807) is 6.07 Å². The molecule has 88 valence electrons. The Morgan fingerprint density at radius 1 is 1.11 bits per heavy atom. The highest BCUT2D eigenvalue weighted by molar-refractivity contribution is 5.84. The molecule has 0 fully saturated rings. The van der Waals surface area contributed by atoms with E-state index in [9.17, 15) is 4.79 Å². The van der Waals surface area contributed by atoms with Crippen LogP contribution in [0.25, 0.3) is 17.0 Å². The Bertz CT molecular complexity index is 731. The van der Waals surface area contributed by atoms with Gasteiger partial charge in [-0.25, -0.2) is 0 Å². The van der Waals surface area contributed by atoms with Crippen LogP contribution in [-0.4, -0.2) is 20.9 Å². The third-order valence-electron chi connectivity index (χ3n) is 2.98. The minimum Gasteiger partial charge on any atom is -0.298 e. The molecule has 0 unspecified atom stereocenters. The van der Waals surface area contributed by atoms with E-state index in [4.69, 9.17) is 0 Å². The molecule has 18 heavy (non-hydrogen) atoms. The van der Waals surface area contributed by atoms with E-state index in [0.717, 1.165) is 23.2 Å². The first kappa shape index (κ1) is 10.7. The first-order valence-electron chi connectivity index (χ1n) is 5.66. The van der Waals surface area contributed by atoms with Crippen molar-refractivity contribution in [2.75, 3.05) is 0 Å². The van der Waals surface area contributed by atoms with Crippen molar-refractivity contribution in [1.82, 2.24) is 14.6 Å². The maximum atomic E-state index is 11.0. The first-order chi connectivity index (χ1) is 8.81. The standard InChI is InChI=1S/C14H11N3O/c1-10-5-2-3-7-12(10)14-16-15-13-11(9-18)6-4-8-17(13)14/h2-9H,1H3. The summed E-state index contributed by atoms with van der Waals surface area (Å²) in [4.78, 5) is 11.0. The van der Waals surface area contributed by atoms with Crippen LogP contribution in [0.3, 0.4) is 0 Å². The highest BCUT2D eigenvalue weighted by Crippen LogP contribution is 2.22. The summed E-state index contributed by atoms with van der Waals surface area (Å²) in [5.41, 5.74) is 3.28. The number of carbonyl (C=O) groups excluding carboxylic acids is 1. The molecule has 4 heteroatoms. The number of carbonyl (C=O) groups is 1. The van der Waals surface area contributed by atoms with E-state index in [1.165, 1.54) is 0 Å². The lowest BCUT2D eigenvalue weighted by Crippen LogP contribution is -1.93. The molecule has 0 aliphatic rings. The molecule has 0 spiro atoms. The molecule has 0 saturated carbocycles. The van der Waals surface area contributed by atoms with E-state index in [0.29, 0.717) is 11.2 Å². The van der Waals surface area contributed by atoms with Gasteiger partial charge in [-0.1, -0.05) is 24.3 Å². The fraction of sp³-hybridized carbons (Fsp3) is 0.0714. The van der Waals surface area contributed by atoms with Crippen LogP contribution in [0.1, 0.15) is 15.9 Å². The van der Waals surface area contributed by atoms with Crippen LogP contribution in [0.2, 0.25) is 0 Å². The van der Waals surface area contributed by atoms with E-state index < -0.39 is 0 Å². The summed E-state index contributed by atoms with van der Waals surface area (Å²) in [5.74, 6) is 0.756. The highest BCUT2D eigenvalue weighted by Gasteiger charge is 2.11. The number of hydrogen-bond acceptors (Lipinski definition) is 3. The number of nitrogens with zero attached hydrogens (tertiary/aromatic N) is 3. The predicted molar refractivity (Wildman–Crippen MR) is 68.5 cm³/mol. The topological polar surface area (TPSA) is 47.3 Å². The number of hydrogen-bond donors (Lipinski definition) is 0. The molecule has 0 atom stereocenters. The number of aromatic nitrogens is 3. The molecule has 4 nitrogen and oxygen atoms in total. The van der Waals surface area contributed by atoms with Gasteiger partial charge in [0.25, 0.3) is 0 Å². The van der Waals surface area contributed by atoms with Crippen molar-refractivity contribution in [1.29, 1.82) is 0 Å². The third-order valence-corrected chi connectivity index (χ3v) is 2.98. The van der Waals surface area contributed by atoms with Crippen LogP contribution in [-0.2, 0) is 0 Å². The fourth-order valence-corrected chi connectivity index (χ4v) is 2.04. The zero-order valence-electron chi connectivity index (χ0n) is 9.87. The average molecular weight is 237 g/mol. The molecule has 0 N–H and O–H groups in total. The zero-order valence-corrected chi connectivity index (χ0v) is 9.87. The summed E-state index contributed by atoms with van der Waals surface area (Å²) in [7, 11) is 0. The second-order valence-corrected chi connectivity index (χ2v) is 4.11. The van der Waals surface area contributed by atoms with Crippen LogP contribution >= 0.6 is 0 Å². The van der Waals surface area contributed by atoms with Crippen LogP contribution < -0.4 is 0 Å². The summed E-state index contributed by atoms with van der Waals surface area (Å²) in [6.07, 6.45) is 2.66. The SMILES string of the molecule is Cc1ccccc1-c1nnc2c(C=O)cccn12. The van der Waals surface area contributed by atoms with Crippen LogP contribution in [0.4, 0.5) is 0 Å². The maximum Gasteiger partial charge on any atom is 0.171 e. The molecule has 0 amide bonds. The molecule has 0 radical (unpaired) electrons. The molecule has 0 bridgehead atoms. The van der Waals surface area contributed by atoms with Gasteiger partial charge in [0.1, 0.15) is 0 Å². The molecule has 0 aliphatic carbocycles. The number of pyridine rings is 1. The molecular weight excluding hydrogens is 226 g/mol. The molecule has 0 saturated heterocycles. The van der Waals surface area contributed by atoms with Gasteiger partial charge in [0.05, 0.1) is 5.56 Å². The zero-order chi connectivity index (χ0) is 12.5. The summed E-state index contributed by atoms with van der Waals surface area (Å²) < 4.78 is 1.84. The molecule has 2 heterocycles. The van der Waals surface area contributed by atoms with Gasteiger partial charge in [-0.2, -0.15) is 0 Å². The average Bonchev–Trinajstić information content (AvgIpc) is 2.83. The Balaban J connectivity index is 2.32. The monoisotopic (exact) mass is 237 g/mol. The predicted octanol–water partition coefficient (Wildman–Crippen LogP) is 2.52. The molecule has 3 rings (SSSR count). The van der Waals surface area contributed by atoms with E-state index in [-0.39, 0.29) is 0 Å². The number of fused-ring (bicyclic) bond motifs is 1. The lowest BCUT2D eigenvalue weighted by Gasteiger charge is -2.03. The Labute approximate surface area is 104 Å². The first-order valence-corrected chi connectivity index (χ1v) is 5.66.